The molecule has 4 rings (SSSR count). The fourth-order valence-corrected chi connectivity index (χ4v) is 6.04. The van der Waals surface area contributed by atoms with Crippen molar-refractivity contribution in [3.63, 3.8) is 0 Å². The summed E-state index contributed by atoms with van der Waals surface area (Å²) in [6.07, 6.45) is 4.30. The molecule has 1 aromatic carbocycles. The van der Waals surface area contributed by atoms with Crippen molar-refractivity contribution in [3.05, 3.63) is 64.3 Å². The van der Waals surface area contributed by atoms with Gasteiger partial charge in [0, 0.05) is 23.3 Å². The van der Waals surface area contributed by atoms with Crippen LogP contribution in [0.5, 0.6) is 0 Å². The number of thioether (sulfide) groups is 1. The summed E-state index contributed by atoms with van der Waals surface area (Å²) in [5.74, 6) is -2.55. The van der Waals surface area contributed by atoms with E-state index in [1.54, 1.807) is 64.2 Å². The number of carbonyl (C=O) groups is 4. The number of rotatable bonds is 6. The summed E-state index contributed by atoms with van der Waals surface area (Å²) in [5, 5.41) is 16.3. The number of β-lactam (4-membered cyclic amide) rings is 1. The summed E-state index contributed by atoms with van der Waals surface area (Å²) >= 11 is 1.26. The van der Waals surface area contributed by atoms with Crippen LogP contribution in [0.4, 0.5) is 4.79 Å². The Bertz CT molecular complexity index is 1320. The minimum Gasteiger partial charge on any atom is -0.548 e. The largest absolute Gasteiger partial charge is 1.00 e. The van der Waals surface area contributed by atoms with E-state index in [9.17, 15) is 29.1 Å². The van der Waals surface area contributed by atoms with Gasteiger partial charge in [0.05, 0.1) is 12.0 Å². The minimum absolute atomic E-state index is 0. The molecule has 2 fully saturated rings. The van der Waals surface area contributed by atoms with Crippen LogP contribution in [0.25, 0.3) is 6.20 Å². The van der Waals surface area contributed by atoms with Gasteiger partial charge in [0.2, 0.25) is 11.8 Å². The molecule has 0 radical (unpaired) electrons. The van der Waals surface area contributed by atoms with Crippen LogP contribution in [0.1, 0.15) is 39.3 Å². The third kappa shape index (κ3) is 5.42. The van der Waals surface area contributed by atoms with Gasteiger partial charge in [-0.2, -0.15) is 0 Å². The van der Waals surface area contributed by atoms with Crippen molar-refractivity contribution >= 4 is 41.8 Å². The summed E-state index contributed by atoms with van der Waals surface area (Å²) in [6, 6.07) is 4.28. The molecule has 2 aliphatic rings. The Balaban J connectivity index is 0.00000380. The number of carboxylic acids is 1. The second-order valence-electron chi connectivity index (χ2n) is 9.42. The van der Waals surface area contributed by atoms with Gasteiger partial charge in [-0.25, -0.2) is 14.2 Å². The molecule has 2 aliphatic heterocycles. The molecule has 0 bridgehead atoms. The zero-order chi connectivity index (χ0) is 26.4. The average Bonchev–Trinajstić information content (AvgIpc) is 3.30. The number of hydrogen-bond acceptors (Lipinski definition) is 7. The standard InChI is InChI=1S/C24H27N5O6S.Na/c1-13(2)12-27-10-11-28(23(27)35)22(34)26-15(14-8-6-5-7-9-14)18(30)25-16-19(31)29-17(21(32)33)24(3,4)36-20(16)29;/h5-12,15-17,20H,1-4H3,(H,25,30)(H,26,34)(H,32,33);/q;+1/p-1/t15?,16-,17+,20-;/m1./s1. The van der Waals surface area contributed by atoms with E-state index in [1.807, 2.05) is 0 Å². The van der Waals surface area contributed by atoms with Crippen LogP contribution in [0.3, 0.4) is 0 Å². The van der Waals surface area contributed by atoms with E-state index in [4.69, 9.17) is 0 Å². The number of imidazole rings is 1. The zero-order valence-electron chi connectivity index (χ0n) is 21.1. The van der Waals surface area contributed by atoms with Crippen LogP contribution in [-0.4, -0.2) is 60.1 Å². The molecule has 1 aromatic heterocycles. The van der Waals surface area contributed by atoms with E-state index >= 15 is 0 Å². The van der Waals surface area contributed by atoms with Crippen molar-refractivity contribution in [2.24, 2.45) is 0 Å². The Labute approximate surface area is 239 Å². The number of fused-ring (bicyclic) bond motifs is 1. The van der Waals surface area contributed by atoms with Crippen molar-refractivity contribution in [2.45, 2.75) is 55.9 Å². The molecule has 3 heterocycles. The van der Waals surface area contributed by atoms with Gasteiger partial charge in [-0.3, -0.25) is 14.2 Å². The SMILES string of the molecule is CC(C)=Cn1ccn(C(=O)NC(C(=O)N[C@@H]2C(=O)N3[C@@H]2SC(C)(C)[C@@H]3C(=O)[O-])c2ccccc2)c1=O.[Na+]. The Hall–Kier alpha value is -2.80. The Morgan fingerprint density at radius 2 is 1.76 bits per heavy atom. The first kappa shape index (κ1) is 28.8. The quantitative estimate of drug-likeness (QED) is 0.299. The van der Waals surface area contributed by atoms with E-state index in [2.05, 4.69) is 10.6 Å². The molecule has 0 saturated carbocycles. The number of carbonyl (C=O) groups excluding carboxylic acids is 4. The molecule has 1 unspecified atom stereocenters. The predicted molar refractivity (Wildman–Crippen MR) is 130 cm³/mol. The maximum atomic E-state index is 13.3. The zero-order valence-corrected chi connectivity index (χ0v) is 23.9. The monoisotopic (exact) mass is 535 g/mol. The first-order chi connectivity index (χ1) is 16.9. The van der Waals surface area contributed by atoms with Crippen LogP contribution >= 0.6 is 11.8 Å². The minimum atomic E-state index is -1.35. The Morgan fingerprint density at radius 1 is 1.11 bits per heavy atom. The molecule has 2 saturated heterocycles. The van der Waals surface area contributed by atoms with Gasteiger partial charge in [0.1, 0.15) is 17.5 Å². The molecule has 11 nitrogen and oxygen atoms in total. The molecule has 190 valence electrons. The topological polar surface area (TPSA) is 146 Å². The fraction of sp³-hybridized carbons (Fsp3) is 0.375. The molecule has 2 N–H and O–H groups in total. The summed E-state index contributed by atoms with van der Waals surface area (Å²) in [6.45, 7) is 7.02. The van der Waals surface area contributed by atoms with E-state index in [1.165, 1.54) is 33.6 Å². The number of benzene rings is 1. The summed E-state index contributed by atoms with van der Waals surface area (Å²) in [5.41, 5.74) is 0.685. The summed E-state index contributed by atoms with van der Waals surface area (Å²) in [7, 11) is 0. The van der Waals surface area contributed by atoms with Gasteiger partial charge < -0.3 is 25.4 Å². The van der Waals surface area contributed by atoms with E-state index in [0.717, 1.165) is 10.1 Å². The van der Waals surface area contributed by atoms with Crippen molar-refractivity contribution in [1.82, 2.24) is 24.7 Å². The third-order valence-electron chi connectivity index (χ3n) is 6.04. The normalized spacial score (nSPS) is 22.1. The second-order valence-corrected chi connectivity index (χ2v) is 11.2. The average molecular weight is 536 g/mol. The first-order valence-electron chi connectivity index (χ1n) is 11.2. The van der Waals surface area contributed by atoms with Gasteiger partial charge in [0.15, 0.2) is 0 Å². The van der Waals surface area contributed by atoms with Crippen molar-refractivity contribution in [1.29, 1.82) is 0 Å². The first-order valence-corrected chi connectivity index (χ1v) is 12.1. The van der Waals surface area contributed by atoms with E-state index in [-0.39, 0.29) is 29.6 Å². The Morgan fingerprint density at radius 3 is 2.35 bits per heavy atom. The Kier molecular flexibility index (Phi) is 8.47. The number of nitrogens with one attached hydrogen (secondary N) is 2. The number of aromatic nitrogens is 2. The van der Waals surface area contributed by atoms with E-state index in [0.29, 0.717) is 5.56 Å². The van der Waals surface area contributed by atoms with Crippen LogP contribution < -0.4 is 51.0 Å². The molecule has 2 aromatic rings. The third-order valence-corrected chi connectivity index (χ3v) is 7.62. The number of amides is 3. The number of allylic oxidation sites excluding steroid dienone is 1. The van der Waals surface area contributed by atoms with Crippen LogP contribution in [0.15, 0.2) is 53.1 Å². The molecule has 0 spiro atoms. The van der Waals surface area contributed by atoms with Crippen molar-refractivity contribution in [2.75, 3.05) is 0 Å². The number of carboxylic acid groups (broad SMARTS) is 1. The van der Waals surface area contributed by atoms with E-state index < -0.39 is 57.8 Å². The van der Waals surface area contributed by atoms with Crippen molar-refractivity contribution in [3.8, 4) is 0 Å². The molecular weight excluding hydrogens is 509 g/mol. The molecule has 3 amide bonds. The molecule has 37 heavy (non-hydrogen) atoms. The maximum Gasteiger partial charge on any atom is 1.00 e. The maximum absolute atomic E-state index is 13.3. The van der Waals surface area contributed by atoms with Crippen LogP contribution in [-0.2, 0) is 14.4 Å². The summed E-state index contributed by atoms with van der Waals surface area (Å²) < 4.78 is 1.30. The number of aliphatic carboxylic acids is 1. The van der Waals surface area contributed by atoms with Crippen molar-refractivity contribution < 1.29 is 53.8 Å². The predicted octanol–water partition coefficient (Wildman–Crippen LogP) is -2.87. The summed E-state index contributed by atoms with van der Waals surface area (Å²) in [4.78, 5) is 64.5. The van der Waals surface area contributed by atoms with Gasteiger partial charge in [-0.05, 0) is 33.3 Å². The van der Waals surface area contributed by atoms with Gasteiger partial charge in [0.25, 0.3) is 0 Å². The van der Waals surface area contributed by atoms with Gasteiger partial charge in [-0.15, -0.1) is 11.8 Å². The smallest absolute Gasteiger partial charge is 0.548 e. The molecule has 4 atom stereocenters. The number of nitrogens with zero attached hydrogens (tertiary/aromatic N) is 3. The second kappa shape index (κ2) is 10.9. The molecular formula is C24H26N5NaO6S. The molecule has 13 heteroatoms. The van der Waals surface area contributed by atoms with Crippen LogP contribution in [0, 0.1) is 0 Å². The van der Waals surface area contributed by atoms with Gasteiger partial charge >= 0.3 is 41.3 Å². The van der Waals surface area contributed by atoms with Crippen LogP contribution in [0.2, 0.25) is 0 Å². The fourth-order valence-electron chi connectivity index (χ4n) is 4.42. The van der Waals surface area contributed by atoms with Gasteiger partial charge in [-0.1, -0.05) is 35.9 Å². The number of hydrogen-bond donors (Lipinski definition) is 2. The molecule has 0 aliphatic carbocycles.